The van der Waals surface area contributed by atoms with E-state index >= 15 is 0 Å². The second-order valence-electron chi connectivity index (χ2n) is 3.57. The van der Waals surface area contributed by atoms with E-state index in [0.29, 0.717) is 6.04 Å². The topological polar surface area (TPSA) is 3.01 Å². The summed E-state index contributed by atoms with van der Waals surface area (Å²) < 4.78 is 2.41. The van der Waals surface area contributed by atoms with Gasteiger partial charge in [0, 0.05) is 19.4 Å². The Kier molecular flexibility index (Phi) is 4.06. The van der Waals surface area contributed by atoms with Crippen molar-refractivity contribution in [2.24, 2.45) is 0 Å². The molecule has 1 rings (SSSR count). The van der Waals surface area contributed by atoms with Crippen molar-refractivity contribution in [2.45, 2.75) is 45.6 Å². The highest BCUT2D eigenvalue weighted by molar-refractivity contribution is 5.68. The van der Waals surface area contributed by atoms with Crippen molar-refractivity contribution < 1.29 is 4.58 Å². The maximum absolute atomic E-state index is 2.41. The van der Waals surface area contributed by atoms with Gasteiger partial charge in [0.05, 0.1) is 0 Å². The van der Waals surface area contributed by atoms with E-state index in [1.54, 1.807) is 0 Å². The summed E-state index contributed by atoms with van der Waals surface area (Å²) in [6, 6.07) is 0.631. The Morgan fingerprint density at radius 2 is 2.08 bits per heavy atom. The summed E-state index contributed by atoms with van der Waals surface area (Å²) in [5.41, 5.74) is 0. The zero-order chi connectivity index (χ0) is 8.81. The van der Waals surface area contributed by atoms with Crippen LogP contribution < -0.4 is 0 Å². The zero-order valence-electron chi connectivity index (χ0n) is 8.29. The Bertz CT molecular complexity index is 179. The van der Waals surface area contributed by atoms with Gasteiger partial charge in [0.15, 0.2) is 12.3 Å². The standard InChI is InChI=1S/C11H20N/c1-3-4-5-6-9-12-10-7-8-11(12)2/h7-8,10-11H,3-6,9H2,1-2H3/q+1. The van der Waals surface area contributed by atoms with Crippen molar-refractivity contribution in [3.63, 3.8) is 0 Å². The van der Waals surface area contributed by atoms with E-state index in [1.165, 1.54) is 32.2 Å². The van der Waals surface area contributed by atoms with Crippen molar-refractivity contribution in [1.82, 2.24) is 0 Å². The Morgan fingerprint density at radius 1 is 1.25 bits per heavy atom. The highest BCUT2D eigenvalue weighted by Gasteiger charge is 2.13. The Morgan fingerprint density at radius 3 is 2.67 bits per heavy atom. The van der Waals surface area contributed by atoms with E-state index in [2.05, 4.69) is 36.8 Å². The first-order chi connectivity index (χ1) is 5.84. The Balaban J connectivity index is 2.08. The van der Waals surface area contributed by atoms with Gasteiger partial charge in [0.2, 0.25) is 0 Å². The van der Waals surface area contributed by atoms with Gasteiger partial charge in [-0.1, -0.05) is 19.8 Å². The lowest BCUT2D eigenvalue weighted by Gasteiger charge is -2.03. The predicted octanol–water partition coefficient (Wildman–Crippen LogP) is 2.61. The molecule has 0 saturated heterocycles. The maximum Gasteiger partial charge on any atom is 0.168 e. The van der Waals surface area contributed by atoms with E-state index in [4.69, 9.17) is 0 Å². The molecule has 1 aliphatic heterocycles. The van der Waals surface area contributed by atoms with Crippen LogP contribution in [0.1, 0.15) is 39.5 Å². The summed E-state index contributed by atoms with van der Waals surface area (Å²) in [5, 5.41) is 0. The van der Waals surface area contributed by atoms with Gasteiger partial charge in [-0.25, -0.2) is 4.58 Å². The summed E-state index contributed by atoms with van der Waals surface area (Å²) >= 11 is 0. The quantitative estimate of drug-likeness (QED) is 0.436. The molecule has 0 amide bonds. The van der Waals surface area contributed by atoms with Gasteiger partial charge in [0.25, 0.3) is 0 Å². The van der Waals surface area contributed by atoms with Crippen LogP contribution >= 0.6 is 0 Å². The van der Waals surface area contributed by atoms with Crippen molar-refractivity contribution in [2.75, 3.05) is 6.54 Å². The van der Waals surface area contributed by atoms with Gasteiger partial charge >= 0.3 is 0 Å². The first-order valence-corrected chi connectivity index (χ1v) is 5.12. The largest absolute Gasteiger partial charge is 0.230 e. The zero-order valence-corrected chi connectivity index (χ0v) is 8.29. The lowest BCUT2D eigenvalue weighted by molar-refractivity contribution is -0.543. The Hall–Kier alpha value is -0.590. The molecule has 1 heterocycles. The van der Waals surface area contributed by atoms with Gasteiger partial charge in [-0.15, -0.1) is 0 Å². The van der Waals surface area contributed by atoms with Gasteiger partial charge in [-0.2, -0.15) is 0 Å². The summed E-state index contributed by atoms with van der Waals surface area (Å²) in [5.74, 6) is 0. The van der Waals surface area contributed by atoms with Gasteiger partial charge < -0.3 is 0 Å². The molecule has 0 saturated carbocycles. The molecular weight excluding hydrogens is 146 g/mol. The van der Waals surface area contributed by atoms with Crippen molar-refractivity contribution in [3.8, 4) is 0 Å². The normalized spacial score (nSPS) is 21.5. The second-order valence-corrected chi connectivity index (χ2v) is 3.57. The molecule has 0 fully saturated rings. The van der Waals surface area contributed by atoms with E-state index < -0.39 is 0 Å². The number of rotatable bonds is 5. The minimum atomic E-state index is 0.631. The first-order valence-electron chi connectivity index (χ1n) is 5.12. The third-order valence-electron chi connectivity index (χ3n) is 2.46. The molecule has 12 heavy (non-hydrogen) atoms. The molecule has 0 aromatic carbocycles. The number of hydrogen-bond acceptors (Lipinski definition) is 0. The summed E-state index contributed by atoms with van der Waals surface area (Å²) in [4.78, 5) is 0. The van der Waals surface area contributed by atoms with Crippen LogP contribution in [0.4, 0.5) is 0 Å². The van der Waals surface area contributed by atoms with E-state index in [1.807, 2.05) is 0 Å². The molecule has 1 aliphatic rings. The van der Waals surface area contributed by atoms with Crippen LogP contribution in [0.15, 0.2) is 12.2 Å². The molecular formula is C11H20N+. The van der Waals surface area contributed by atoms with Crippen molar-refractivity contribution in [1.29, 1.82) is 0 Å². The Labute approximate surface area is 75.8 Å². The lowest BCUT2D eigenvalue weighted by atomic mass is 10.2. The van der Waals surface area contributed by atoms with Crippen molar-refractivity contribution >= 4 is 6.21 Å². The van der Waals surface area contributed by atoms with Crippen LogP contribution in [0.2, 0.25) is 0 Å². The lowest BCUT2D eigenvalue weighted by Crippen LogP contribution is -2.19. The van der Waals surface area contributed by atoms with E-state index in [0.717, 1.165) is 0 Å². The van der Waals surface area contributed by atoms with Crippen LogP contribution in [0.25, 0.3) is 0 Å². The summed E-state index contributed by atoms with van der Waals surface area (Å²) in [6.07, 6.45) is 12.1. The van der Waals surface area contributed by atoms with Crippen LogP contribution in [-0.2, 0) is 0 Å². The average Bonchev–Trinajstić information content (AvgIpc) is 2.46. The molecule has 1 heteroatoms. The van der Waals surface area contributed by atoms with E-state index in [-0.39, 0.29) is 0 Å². The fourth-order valence-electron chi connectivity index (χ4n) is 1.57. The van der Waals surface area contributed by atoms with Gasteiger partial charge in [0.1, 0.15) is 6.54 Å². The van der Waals surface area contributed by atoms with Gasteiger partial charge in [-0.05, 0) is 12.5 Å². The van der Waals surface area contributed by atoms with Crippen LogP contribution in [-0.4, -0.2) is 23.4 Å². The highest BCUT2D eigenvalue weighted by atomic mass is 15.0. The number of hydrogen-bond donors (Lipinski definition) is 0. The fourth-order valence-corrected chi connectivity index (χ4v) is 1.57. The molecule has 0 N–H and O–H groups in total. The second kappa shape index (κ2) is 5.13. The first kappa shape index (κ1) is 9.50. The highest BCUT2D eigenvalue weighted by Crippen LogP contribution is 2.03. The molecule has 1 unspecified atom stereocenters. The van der Waals surface area contributed by atoms with Crippen LogP contribution in [0.3, 0.4) is 0 Å². The molecule has 0 bridgehead atoms. The molecule has 0 spiro atoms. The van der Waals surface area contributed by atoms with Crippen molar-refractivity contribution in [3.05, 3.63) is 12.2 Å². The monoisotopic (exact) mass is 166 g/mol. The molecule has 0 aromatic rings. The molecule has 0 radical (unpaired) electrons. The van der Waals surface area contributed by atoms with Crippen LogP contribution in [0.5, 0.6) is 0 Å². The average molecular weight is 166 g/mol. The number of nitrogens with zero attached hydrogens (tertiary/aromatic N) is 1. The fraction of sp³-hybridized carbons (Fsp3) is 0.727. The van der Waals surface area contributed by atoms with Crippen LogP contribution in [0, 0.1) is 0 Å². The molecule has 1 atom stereocenters. The molecule has 0 aromatic heterocycles. The SMILES string of the molecule is CCCCCC[N+]1=CC=CC1C. The third kappa shape index (κ3) is 2.80. The number of allylic oxidation sites excluding steroid dienone is 1. The molecule has 68 valence electrons. The molecule has 1 nitrogen and oxygen atoms in total. The third-order valence-corrected chi connectivity index (χ3v) is 2.46. The summed E-state index contributed by atoms with van der Waals surface area (Å²) in [6.45, 7) is 5.74. The minimum Gasteiger partial charge on any atom is -0.230 e. The maximum atomic E-state index is 2.41. The van der Waals surface area contributed by atoms with Gasteiger partial charge in [-0.3, -0.25) is 0 Å². The molecule has 0 aliphatic carbocycles. The number of unbranched alkanes of at least 4 members (excludes halogenated alkanes) is 3. The smallest absolute Gasteiger partial charge is 0.168 e. The minimum absolute atomic E-state index is 0.631. The van der Waals surface area contributed by atoms with E-state index in [9.17, 15) is 0 Å². The summed E-state index contributed by atoms with van der Waals surface area (Å²) in [7, 11) is 0. The predicted molar refractivity (Wildman–Crippen MR) is 53.9 cm³/mol.